The Morgan fingerprint density at radius 3 is 2.50 bits per heavy atom. The summed E-state index contributed by atoms with van der Waals surface area (Å²) in [4.78, 5) is 11.4. The smallest absolute Gasteiger partial charge is 0.155 e. The normalized spacial score (nSPS) is 16.8. The molecular weight excluding hydrogens is 196 g/mol. The summed E-state index contributed by atoms with van der Waals surface area (Å²) in [5.41, 5.74) is 2.70. The van der Waals surface area contributed by atoms with Crippen LogP contribution in [0.4, 0.5) is 0 Å². The lowest BCUT2D eigenvalue weighted by atomic mass is 10.0. The minimum atomic E-state index is 0.320. The third kappa shape index (κ3) is 3.34. The summed E-state index contributed by atoms with van der Waals surface area (Å²) < 4.78 is 0. The highest BCUT2D eigenvalue weighted by molar-refractivity contribution is 5.90. The Bertz CT molecular complexity index is 376. The Balaban J connectivity index is 1.92. The van der Waals surface area contributed by atoms with Crippen LogP contribution in [0.3, 0.4) is 0 Å². The first-order valence-corrected chi connectivity index (χ1v) is 6.11. The molecule has 1 aliphatic carbocycles. The van der Waals surface area contributed by atoms with Gasteiger partial charge in [-0.1, -0.05) is 35.9 Å². The average molecular weight is 214 g/mol. The van der Waals surface area contributed by atoms with Crippen molar-refractivity contribution in [3.63, 3.8) is 0 Å². The van der Waals surface area contributed by atoms with E-state index in [4.69, 9.17) is 0 Å². The van der Waals surface area contributed by atoms with Crippen LogP contribution in [0.2, 0.25) is 0 Å². The predicted octanol–water partition coefficient (Wildman–Crippen LogP) is 3.69. The fourth-order valence-electron chi connectivity index (χ4n) is 2.17. The Morgan fingerprint density at radius 2 is 1.69 bits per heavy atom. The van der Waals surface area contributed by atoms with Gasteiger partial charge in [0.1, 0.15) is 0 Å². The van der Waals surface area contributed by atoms with E-state index in [1.165, 1.54) is 17.6 Å². The highest BCUT2D eigenvalue weighted by atomic mass is 16.1. The van der Waals surface area contributed by atoms with Gasteiger partial charge in [0.2, 0.25) is 0 Å². The number of allylic oxidation sites excluding steroid dienone is 2. The lowest BCUT2D eigenvalue weighted by Gasteiger charge is -2.04. The van der Waals surface area contributed by atoms with Crippen molar-refractivity contribution in [2.45, 2.75) is 38.5 Å². The SMILES string of the molecule is O=C1C=C(CCc2ccccc2)CCCC1. The van der Waals surface area contributed by atoms with Crippen molar-refractivity contribution in [1.82, 2.24) is 0 Å². The number of hydrogen-bond donors (Lipinski definition) is 0. The molecule has 0 saturated carbocycles. The monoisotopic (exact) mass is 214 g/mol. The molecule has 0 atom stereocenters. The lowest BCUT2D eigenvalue weighted by molar-refractivity contribution is -0.114. The van der Waals surface area contributed by atoms with Crippen LogP contribution in [0.15, 0.2) is 42.0 Å². The number of carbonyl (C=O) groups excluding carboxylic acids is 1. The molecule has 0 amide bonds. The lowest BCUT2D eigenvalue weighted by Crippen LogP contribution is -1.92. The molecular formula is C15H18O. The van der Waals surface area contributed by atoms with Gasteiger partial charge in [-0.3, -0.25) is 4.79 Å². The van der Waals surface area contributed by atoms with E-state index < -0.39 is 0 Å². The maximum absolute atomic E-state index is 11.4. The van der Waals surface area contributed by atoms with E-state index in [9.17, 15) is 4.79 Å². The third-order valence-electron chi connectivity index (χ3n) is 3.11. The van der Waals surface area contributed by atoms with Gasteiger partial charge >= 0.3 is 0 Å². The predicted molar refractivity (Wildman–Crippen MR) is 66.3 cm³/mol. The molecule has 84 valence electrons. The summed E-state index contributed by atoms with van der Waals surface area (Å²) in [6.07, 6.45) is 8.07. The Hall–Kier alpha value is -1.37. The molecule has 0 saturated heterocycles. The van der Waals surface area contributed by atoms with Crippen molar-refractivity contribution in [1.29, 1.82) is 0 Å². The largest absolute Gasteiger partial charge is 0.295 e. The molecule has 0 aromatic heterocycles. The van der Waals surface area contributed by atoms with Gasteiger partial charge in [0.25, 0.3) is 0 Å². The summed E-state index contributed by atoms with van der Waals surface area (Å²) in [5, 5.41) is 0. The van der Waals surface area contributed by atoms with Gasteiger partial charge in [0, 0.05) is 6.42 Å². The molecule has 0 radical (unpaired) electrons. The zero-order valence-corrected chi connectivity index (χ0v) is 9.61. The number of aryl methyl sites for hydroxylation is 1. The maximum Gasteiger partial charge on any atom is 0.155 e. The Morgan fingerprint density at radius 1 is 0.938 bits per heavy atom. The first-order valence-electron chi connectivity index (χ1n) is 6.11. The van der Waals surface area contributed by atoms with Crippen molar-refractivity contribution >= 4 is 5.78 Å². The van der Waals surface area contributed by atoms with E-state index >= 15 is 0 Å². The molecule has 0 fully saturated rings. The standard InChI is InChI=1S/C15H18O/c16-15-9-5-4-8-14(12-15)11-10-13-6-2-1-3-7-13/h1-3,6-7,12H,4-5,8-11H2. The number of carbonyl (C=O) groups is 1. The number of rotatable bonds is 3. The Kier molecular flexibility index (Phi) is 3.92. The molecule has 0 bridgehead atoms. The molecule has 0 aliphatic heterocycles. The van der Waals surface area contributed by atoms with Gasteiger partial charge in [-0.05, 0) is 43.7 Å². The maximum atomic E-state index is 11.4. The first kappa shape index (κ1) is 11.1. The molecule has 16 heavy (non-hydrogen) atoms. The van der Waals surface area contributed by atoms with Crippen molar-refractivity contribution < 1.29 is 4.79 Å². The van der Waals surface area contributed by atoms with Gasteiger partial charge in [-0.15, -0.1) is 0 Å². The number of hydrogen-bond acceptors (Lipinski definition) is 1. The van der Waals surface area contributed by atoms with E-state index in [0.29, 0.717) is 5.78 Å². The summed E-state index contributed by atoms with van der Waals surface area (Å²) in [6.45, 7) is 0. The molecule has 1 aliphatic rings. The van der Waals surface area contributed by atoms with Crippen molar-refractivity contribution in [3.05, 3.63) is 47.5 Å². The fraction of sp³-hybridized carbons (Fsp3) is 0.400. The fourth-order valence-corrected chi connectivity index (χ4v) is 2.17. The van der Waals surface area contributed by atoms with Crippen LogP contribution in [0.5, 0.6) is 0 Å². The topological polar surface area (TPSA) is 17.1 Å². The van der Waals surface area contributed by atoms with Crippen molar-refractivity contribution in [3.8, 4) is 0 Å². The zero-order chi connectivity index (χ0) is 11.2. The van der Waals surface area contributed by atoms with Crippen molar-refractivity contribution in [2.75, 3.05) is 0 Å². The van der Waals surface area contributed by atoms with E-state index in [-0.39, 0.29) is 0 Å². The Labute approximate surface area is 97.2 Å². The van der Waals surface area contributed by atoms with Crippen LogP contribution in [-0.2, 0) is 11.2 Å². The second kappa shape index (κ2) is 5.64. The molecule has 0 spiro atoms. The molecule has 1 aromatic rings. The van der Waals surface area contributed by atoms with Crippen LogP contribution in [-0.4, -0.2) is 5.78 Å². The molecule has 0 N–H and O–H groups in total. The number of ketones is 1. The molecule has 0 unspecified atom stereocenters. The first-order chi connectivity index (χ1) is 7.84. The second-order valence-corrected chi connectivity index (χ2v) is 4.46. The quantitative estimate of drug-likeness (QED) is 0.750. The number of benzene rings is 1. The summed E-state index contributed by atoms with van der Waals surface area (Å²) in [6, 6.07) is 10.5. The highest BCUT2D eigenvalue weighted by Gasteiger charge is 2.08. The molecule has 1 aromatic carbocycles. The van der Waals surface area contributed by atoms with Gasteiger partial charge in [-0.25, -0.2) is 0 Å². The van der Waals surface area contributed by atoms with Gasteiger partial charge < -0.3 is 0 Å². The average Bonchev–Trinajstić information content (AvgIpc) is 2.52. The second-order valence-electron chi connectivity index (χ2n) is 4.46. The zero-order valence-electron chi connectivity index (χ0n) is 9.61. The van der Waals surface area contributed by atoms with Gasteiger partial charge in [-0.2, -0.15) is 0 Å². The van der Waals surface area contributed by atoms with Crippen LogP contribution in [0, 0.1) is 0 Å². The molecule has 1 nitrogen and oxygen atoms in total. The minimum absolute atomic E-state index is 0.320. The van der Waals surface area contributed by atoms with Crippen LogP contribution in [0.1, 0.15) is 37.7 Å². The third-order valence-corrected chi connectivity index (χ3v) is 3.11. The van der Waals surface area contributed by atoms with E-state index in [2.05, 4.69) is 24.3 Å². The van der Waals surface area contributed by atoms with Gasteiger partial charge in [0.05, 0.1) is 0 Å². The van der Waals surface area contributed by atoms with E-state index in [1.807, 2.05) is 12.1 Å². The molecule has 2 rings (SSSR count). The highest BCUT2D eigenvalue weighted by Crippen LogP contribution is 2.19. The van der Waals surface area contributed by atoms with E-state index in [1.54, 1.807) is 0 Å². The molecule has 0 heterocycles. The van der Waals surface area contributed by atoms with E-state index in [0.717, 1.165) is 32.1 Å². The minimum Gasteiger partial charge on any atom is -0.295 e. The molecule has 1 heteroatoms. The van der Waals surface area contributed by atoms with Gasteiger partial charge in [0.15, 0.2) is 5.78 Å². The van der Waals surface area contributed by atoms with Crippen LogP contribution < -0.4 is 0 Å². The summed E-state index contributed by atoms with van der Waals surface area (Å²) in [5.74, 6) is 0.320. The summed E-state index contributed by atoms with van der Waals surface area (Å²) >= 11 is 0. The van der Waals surface area contributed by atoms with Crippen LogP contribution in [0.25, 0.3) is 0 Å². The van der Waals surface area contributed by atoms with Crippen LogP contribution >= 0.6 is 0 Å². The summed E-state index contributed by atoms with van der Waals surface area (Å²) in [7, 11) is 0. The van der Waals surface area contributed by atoms with Crippen molar-refractivity contribution in [2.24, 2.45) is 0 Å².